The Morgan fingerprint density at radius 3 is 2.42 bits per heavy atom. The lowest BCUT2D eigenvalue weighted by molar-refractivity contribution is 0.602. The van der Waals surface area contributed by atoms with E-state index < -0.39 is 9.84 Å². The molecular weight excluding hydrogens is 348 g/mol. The smallest absolute Gasteiger partial charge is 0.175 e. The second kappa shape index (κ2) is 7.29. The minimum Gasteiger partial charge on any atom is -0.378 e. The molecular formula is C19H22N4O2S. The molecule has 1 aromatic heterocycles. The number of hydrogen-bond acceptors (Lipinski definition) is 6. The topological polar surface area (TPSA) is 75.2 Å². The van der Waals surface area contributed by atoms with Crippen LogP contribution in [-0.4, -0.2) is 45.3 Å². The van der Waals surface area contributed by atoms with E-state index in [-0.39, 0.29) is 4.90 Å². The molecule has 2 aromatic carbocycles. The number of nitrogens with zero attached hydrogens (tertiary/aromatic N) is 3. The quantitative estimate of drug-likeness (QED) is 0.719. The van der Waals surface area contributed by atoms with Gasteiger partial charge in [0.25, 0.3) is 0 Å². The van der Waals surface area contributed by atoms with Gasteiger partial charge in [-0.2, -0.15) is 0 Å². The molecule has 26 heavy (non-hydrogen) atoms. The first-order chi connectivity index (χ1) is 12.3. The molecule has 0 radical (unpaired) electrons. The molecule has 0 bridgehead atoms. The van der Waals surface area contributed by atoms with Gasteiger partial charge >= 0.3 is 0 Å². The Morgan fingerprint density at radius 1 is 1.04 bits per heavy atom. The number of rotatable bonds is 6. The number of benzene rings is 2. The number of fused-ring (bicyclic) bond motifs is 1. The third kappa shape index (κ3) is 4.11. The van der Waals surface area contributed by atoms with Crippen molar-refractivity contribution in [3.63, 3.8) is 0 Å². The zero-order valence-corrected chi connectivity index (χ0v) is 15.9. The number of nitrogens with one attached hydrogen (secondary N) is 1. The summed E-state index contributed by atoms with van der Waals surface area (Å²) in [7, 11) is 0.758. The summed E-state index contributed by atoms with van der Waals surface area (Å²) in [5.41, 5.74) is 3.10. The molecule has 0 aliphatic carbocycles. The largest absolute Gasteiger partial charge is 0.378 e. The number of anilines is 2. The van der Waals surface area contributed by atoms with Crippen LogP contribution >= 0.6 is 0 Å². The van der Waals surface area contributed by atoms with Crippen LogP contribution in [0.1, 0.15) is 5.56 Å². The van der Waals surface area contributed by atoms with Crippen molar-refractivity contribution in [3.05, 3.63) is 54.4 Å². The lowest BCUT2D eigenvalue weighted by Crippen LogP contribution is -2.09. The van der Waals surface area contributed by atoms with Crippen molar-refractivity contribution in [3.8, 4) is 0 Å². The fraction of sp³-hybridized carbons (Fsp3) is 0.263. The molecule has 136 valence electrons. The Morgan fingerprint density at radius 2 is 1.77 bits per heavy atom. The van der Waals surface area contributed by atoms with Gasteiger partial charge in [0.15, 0.2) is 9.84 Å². The monoisotopic (exact) mass is 370 g/mol. The average Bonchev–Trinajstić information content (AvgIpc) is 2.61. The van der Waals surface area contributed by atoms with Gasteiger partial charge in [-0.3, -0.25) is 0 Å². The van der Waals surface area contributed by atoms with Crippen LogP contribution < -0.4 is 10.2 Å². The fourth-order valence-corrected chi connectivity index (χ4v) is 3.34. The highest BCUT2D eigenvalue weighted by Gasteiger charge is 2.11. The van der Waals surface area contributed by atoms with Crippen LogP contribution in [0.25, 0.3) is 10.9 Å². The van der Waals surface area contributed by atoms with E-state index in [9.17, 15) is 8.42 Å². The molecule has 7 heteroatoms. The van der Waals surface area contributed by atoms with Crippen LogP contribution in [0.2, 0.25) is 0 Å². The molecule has 0 fully saturated rings. The van der Waals surface area contributed by atoms with Crippen molar-refractivity contribution in [2.24, 2.45) is 0 Å². The summed E-state index contributed by atoms with van der Waals surface area (Å²) < 4.78 is 23.6. The first kappa shape index (κ1) is 18.1. The van der Waals surface area contributed by atoms with Crippen LogP contribution in [0.15, 0.2) is 53.7 Å². The third-order valence-electron chi connectivity index (χ3n) is 4.19. The maximum atomic E-state index is 11.8. The lowest BCUT2D eigenvalue weighted by Gasteiger charge is -2.13. The molecule has 0 saturated carbocycles. The summed E-state index contributed by atoms with van der Waals surface area (Å²) >= 11 is 0. The van der Waals surface area contributed by atoms with Crippen molar-refractivity contribution in [1.82, 2.24) is 9.97 Å². The first-order valence-electron chi connectivity index (χ1n) is 8.29. The summed E-state index contributed by atoms with van der Waals surface area (Å²) in [5.74, 6) is 0.644. The SMILES string of the molecule is CN(C)c1ccc(CCNc2ncnc3ccc(S(C)(=O)=O)cc23)cc1. The van der Waals surface area contributed by atoms with Gasteiger partial charge in [0.2, 0.25) is 0 Å². The Balaban J connectivity index is 1.76. The minimum absolute atomic E-state index is 0.266. The second-order valence-corrected chi connectivity index (χ2v) is 8.43. The van der Waals surface area contributed by atoms with Gasteiger partial charge in [0, 0.05) is 38.0 Å². The van der Waals surface area contributed by atoms with E-state index in [1.165, 1.54) is 18.1 Å². The molecule has 0 aliphatic rings. The highest BCUT2D eigenvalue weighted by Crippen LogP contribution is 2.23. The molecule has 3 rings (SSSR count). The van der Waals surface area contributed by atoms with Crippen molar-refractivity contribution >= 4 is 32.2 Å². The molecule has 0 saturated heterocycles. The molecule has 0 atom stereocenters. The summed E-state index contributed by atoms with van der Waals surface area (Å²) in [6, 6.07) is 13.3. The lowest BCUT2D eigenvalue weighted by atomic mass is 10.1. The molecule has 3 aromatic rings. The van der Waals surface area contributed by atoms with E-state index in [4.69, 9.17) is 0 Å². The van der Waals surface area contributed by atoms with Gasteiger partial charge in [-0.1, -0.05) is 12.1 Å². The molecule has 0 aliphatic heterocycles. The molecule has 1 N–H and O–H groups in total. The van der Waals surface area contributed by atoms with Crippen molar-refractivity contribution in [2.45, 2.75) is 11.3 Å². The predicted molar refractivity (Wildman–Crippen MR) is 106 cm³/mol. The van der Waals surface area contributed by atoms with E-state index >= 15 is 0 Å². The van der Waals surface area contributed by atoms with E-state index in [0.717, 1.165) is 12.1 Å². The number of aromatic nitrogens is 2. The number of sulfone groups is 1. The summed E-state index contributed by atoms with van der Waals surface area (Å²) in [6.07, 6.45) is 3.52. The van der Waals surface area contributed by atoms with Gasteiger partial charge in [-0.05, 0) is 42.3 Å². The van der Waals surface area contributed by atoms with Crippen LogP contribution in [0.3, 0.4) is 0 Å². The van der Waals surface area contributed by atoms with Crippen molar-refractivity contribution < 1.29 is 8.42 Å². The Labute approximate surface area is 153 Å². The van der Waals surface area contributed by atoms with E-state index in [1.807, 2.05) is 14.1 Å². The van der Waals surface area contributed by atoms with E-state index in [2.05, 4.69) is 44.5 Å². The minimum atomic E-state index is -3.27. The van der Waals surface area contributed by atoms with E-state index in [0.29, 0.717) is 23.3 Å². The summed E-state index contributed by atoms with van der Waals surface area (Å²) in [5, 5.41) is 4.00. The van der Waals surface area contributed by atoms with Gasteiger partial charge in [-0.15, -0.1) is 0 Å². The Kier molecular flexibility index (Phi) is 5.08. The number of hydrogen-bond donors (Lipinski definition) is 1. The van der Waals surface area contributed by atoms with Crippen LogP contribution in [0.5, 0.6) is 0 Å². The van der Waals surface area contributed by atoms with Gasteiger partial charge < -0.3 is 10.2 Å². The van der Waals surface area contributed by atoms with Gasteiger partial charge in [0.05, 0.1) is 10.4 Å². The molecule has 0 amide bonds. The Hall–Kier alpha value is -2.67. The average molecular weight is 370 g/mol. The third-order valence-corrected chi connectivity index (χ3v) is 5.30. The summed E-state index contributed by atoms with van der Waals surface area (Å²) in [4.78, 5) is 10.8. The Bertz CT molecular complexity index is 1020. The van der Waals surface area contributed by atoms with Gasteiger partial charge in [-0.25, -0.2) is 18.4 Å². The standard InChI is InChI=1S/C19H22N4O2S/c1-23(2)15-6-4-14(5-7-15)10-11-20-19-17-12-16(26(3,24)25)8-9-18(17)21-13-22-19/h4-9,12-13H,10-11H2,1-3H3,(H,20,21,22). The normalized spacial score (nSPS) is 11.5. The molecule has 0 unspecified atom stereocenters. The van der Waals surface area contributed by atoms with Crippen molar-refractivity contribution in [2.75, 3.05) is 37.1 Å². The zero-order valence-electron chi connectivity index (χ0n) is 15.1. The molecule has 6 nitrogen and oxygen atoms in total. The summed E-state index contributed by atoms with van der Waals surface area (Å²) in [6.45, 7) is 0.691. The highest BCUT2D eigenvalue weighted by molar-refractivity contribution is 7.90. The van der Waals surface area contributed by atoms with Crippen LogP contribution in [-0.2, 0) is 16.3 Å². The van der Waals surface area contributed by atoms with Crippen LogP contribution in [0, 0.1) is 0 Å². The maximum absolute atomic E-state index is 11.8. The molecule has 1 heterocycles. The van der Waals surface area contributed by atoms with E-state index in [1.54, 1.807) is 18.2 Å². The first-order valence-corrected chi connectivity index (χ1v) is 10.2. The van der Waals surface area contributed by atoms with Crippen LogP contribution in [0.4, 0.5) is 11.5 Å². The second-order valence-electron chi connectivity index (χ2n) is 6.41. The van der Waals surface area contributed by atoms with Gasteiger partial charge in [0.1, 0.15) is 12.1 Å². The molecule has 0 spiro atoms. The fourth-order valence-electron chi connectivity index (χ4n) is 2.69. The predicted octanol–water partition coefficient (Wildman–Crippen LogP) is 2.75. The van der Waals surface area contributed by atoms with Crippen molar-refractivity contribution in [1.29, 1.82) is 0 Å². The zero-order chi connectivity index (χ0) is 18.7. The highest BCUT2D eigenvalue weighted by atomic mass is 32.2. The maximum Gasteiger partial charge on any atom is 0.175 e.